The van der Waals surface area contributed by atoms with Gasteiger partial charge >= 0.3 is 0 Å². The van der Waals surface area contributed by atoms with Crippen molar-refractivity contribution >= 4 is 16.9 Å². The van der Waals surface area contributed by atoms with E-state index in [-0.39, 0.29) is 5.91 Å². The molecule has 0 bridgehead atoms. The second-order valence-corrected chi connectivity index (χ2v) is 6.70. The van der Waals surface area contributed by atoms with Gasteiger partial charge in [-0.25, -0.2) is 9.97 Å². The Morgan fingerprint density at radius 3 is 3.04 bits per heavy atom. The first-order valence-corrected chi connectivity index (χ1v) is 8.63. The number of benzene rings is 1. The number of nitrogens with zero attached hydrogens (tertiary/aromatic N) is 3. The standard InChI is InChI=1S/C18H22N6O/c1-12-19-9-14(21-12)11-24-7-6-13(10-24)8-20-18(25)17-22-15-4-2-3-5-16(15)23-17/h2-5,9,13H,6-8,10-11H2,1H3,(H,19,21)(H,20,25)(H,22,23). The van der Waals surface area contributed by atoms with E-state index in [1.165, 1.54) is 0 Å². The molecular formula is C18H22N6O. The van der Waals surface area contributed by atoms with Crippen LogP contribution in [0.4, 0.5) is 0 Å². The summed E-state index contributed by atoms with van der Waals surface area (Å²) in [6.45, 7) is 5.55. The molecule has 1 fully saturated rings. The van der Waals surface area contributed by atoms with Gasteiger partial charge in [-0.3, -0.25) is 9.69 Å². The first-order chi connectivity index (χ1) is 12.2. The molecule has 1 atom stereocenters. The predicted octanol–water partition coefficient (Wildman–Crippen LogP) is 1.85. The van der Waals surface area contributed by atoms with Crippen molar-refractivity contribution in [3.63, 3.8) is 0 Å². The summed E-state index contributed by atoms with van der Waals surface area (Å²) in [7, 11) is 0. The lowest BCUT2D eigenvalue weighted by molar-refractivity contribution is 0.0938. The minimum atomic E-state index is -0.140. The van der Waals surface area contributed by atoms with Crippen LogP contribution in [0.25, 0.3) is 11.0 Å². The molecule has 3 aromatic rings. The Kier molecular flexibility index (Phi) is 4.23. The summed E-state index contributed by atoms with van der Waals surface area (Å²) in [6, 6.07) is 7.66. The van der Waals surface area contributed by atoms with E-state index < -0.39 is 0 Å². The summed E-state index contributed by atoms with van der Waals surface area (Å²) >= 11 is 0. The monoisotopic (exact) mass is 338 g/mol. The van der Waals surface area contributed by atoms with E-state index in [9.17, 15) is 4.79 Å². The van der Waals surface area contributed by atoms with Gasteiger partial charge in [0.25, 0.3) is 5.91 Å². The van der Waals surface area contributed by atoms with Crippen molar-refractivity contribution in [2.24, 2.45) is 5.92 Å². The fraction of sp³-hybridized carbons (Fsp3) is 0.389. The molecule has 130 valence electrons. The normalized spacial score (nSPS) is 18.0. The van der Waals surface area contributed by atoms with Crippen LogP contribution in [0.3, 0.4) is 0 Å². The Hall–Kier alpha value is -2.67. The lowest BCUT2D eigenvalue weighted by Crippen LogP contribution is -2.31. The first-order valence-electron chi connectivity index (χ1n) is 8.63. The molecule has 1 aromatic carbocycles. The highest BCUT2D eigenvalue weighted by atomic mass is 16.2. The van der Waals surface area contributed by atoms with E-state index in [4.69, 9.17) is 0 Å². The summed E-state index contributed by atoms with van der Waals surface area (Å²) in [6.07, 6.45) is 2.99. The molecule has 3 N–H and O–H groups in total. The SMILES string of the molecule is Cc1ncc(CN2CCC(CNC(=O)c3nc4ccccc4[nH]3)C2)[nH]1. The number of carbonyl (C=O) groups excluding carboxylic acids is 1. The van der Waals surface area contributed by atoms with Gasteiger partial charge in [0, 0.05) is 31.5 Å². The molecule has 3 heterocycles. The maximum Gasteiger partial charge on any atom is 0.287 e. The quantitative estimate of drug-likeness (QED) is 0.662. The Morgan fingerprint density at radius 2 is 2.24 bits per heavy atom. The topological polar surface area (TPSA) is 89.7 Å². The molecule has 0 spiro atoms. The van der Waals surface area contributed by atoms with Crippen molar-refractivity contribution in [2.75, 3.05) is 19.6 Å². The summed E-state index contributed by atoms with van der Waals surface area (Å²) in [4.78, 5) is 29.6. The number of hydrogen-bond donors (Lipinski definition) is 3. The van der Waals surface area contributed by atoms with Crippen molar-refractivity contribution in [1.29, 1.82) is 0 Å². The molecule has 1 aliphatic rings. The van der Waals surface area contributed by atoms with Crippen LogP contribution in [0.1, 0.15) is 28.6 Å². The highest BCUT2D eigenvalue weighted by Gasteiger charge is 2.23. The number of imidazole rings is 2. The molecule has 0 radical (unpaired) electrons. The lowest BCUT2D eigenvalue weighted by Gasteiger charge is -2.15. The Labute approximate surface area is 145 Å². The number of aromatic amines is 2. The molecule has 7 heteroatoms. The van der Waals surface area contributed by atoms with E-state index in [2.05, 4.69) is 30.2 Å². The van der Waals surface area contributed by atoms with Gasteiger partial charge in [0.05, 0.1) is 11.0 Å². The molecule has 25 heavy (non-hydrogen) atoms. The largest absolute Gasteiger partial charge is 0.349 e. The smallest absolute Gasteiger partial charge is 0.287 e. The van der Waals surface area contributed by atoms with Gasteiger partial charge in [-0.15, -0.1) is 0 Å². The lowest BCUT2D eigenvalue weighted by atomic mass is 10.1. The van der Waals surface area contributed by atoms with Crippen LogP contribution in [0.15, 0.2) is 30.5 Å². The van der Waals surface area contributed by atoms with Gasteiger partial charge in [-0.1, -0.05) is 12.1 Å². The fourth-order valence-electron chi connectivity index (χ4n) is 3.40. The molecule has 4 rings (SSSR count). The second-order valence-electron chi connectivity index (χ2n) is 6.70. The number of aryl methyl sites for hydroxylation is 1. The minimum Gasteiger partial charge on any atom is -0.349 e. The first kappa shape index (κ1) is 15.8. The van der Waals surface area contributed by atoms with Gasteiger partial charge < -0.3 is 15.3 Å². The van der Waals surface area contributed by atoms with Gasteiger partial charge in [-0.2, -0.15) is 0 Å². The van der Waals surface area contributed by atoms with Gasteiger partial charge in [0.15, 0.2) is 5.82 Å². The maximum absolute atomic E-state index is 12.3. The second kappa shape index (κ2) is 6.68. The Balaban J connectivity index is 1.29. The highest BCUT2D eigenvalue weighted by molar-refractivity contribution is 5.94. The van der Waals surface area contributed by atoms with Crippen LogP contribution in [0.5, 0.6) is 0 Å². The molecule has 0 aliphatic carbocycles. The Bertz CT molecular complexity index is 849. The maximum atomic E-state index is 12.3. The molecule has 7 nitrogen and oxygen atoms in total. The van der Waals surface area contributed by atoms with Crippen molar-refractivity contribution in [3.05, 3.63) is 47.8 Å². The number of H-pyrrole nitrogens is 2. The molecule has 0 saturated carbocycles. The number of likely N-dealkylation sites (tertiary alicyclic amines) is 1. The van der Waals surface area contributed by atoms with E-state index in [0.29, 0.717) is 18.3 Å². The molecular weight excluding hydrogens is 316 g/mol. The number of hydrogen-bond acceptors (Lipinski definition) is 4. The fourth-order valence-corrected chi connectivity index (χ4v) is 3.40. The minimum absolute atomic E-state index is 0.140. The number of carbonyl (C=O) groups is 1. The van der Waals surface area contributed by atoms with Crippen LogP contribution in [-0.4, -0.2) is 50.4 Å². The molecule has 1 saturated heterocycles. The zero-order valence-electron chi connectivity index (χ0n) is 14.2. The summed E-state index contributed by atoms with van der Waals surface area (Å²) in [5.41, 5.74) is 2.84. The molecule has 2 aromatic heterocycles. The van der Waals surface area contributed by atoms with E-state index in [1.807, 2.05) is 37.4 Å². The van der Waals surface area contributed by atoms with Crippen LogP contribution in [0, 0.1) is 12.8 Å². The number of amides is 1. The van der Waals surface area contributed by atoms with Crippen molar-refractivity contribution < 1.29 is 4.79 Å². The van der Waals surface area contributed by atoms with Crippen molar-refractivity contribution in [3.8, 4) is 0 Å². The molecule has 1 aliphatic heterocycles. The Morgan fingerprint density at radius 1 is 1.36 bits per heavy atom. The number of fused-ring (bicyclic) bond motifs is 1. The molecule has 1 amide bonds. The average molecular weight is 338 g/mol. The summed E-state index contributed by atoms with van der Waals surface area (Å²) in [5, 5.41) is 3.01. The zero-order chi connectivity index (χ0) is 17.2. The highest BCUT2D eigenvalue weighted by Crippen LogP contribution is 2.18. The van der Waals surface area contributed by atoms with Crippen LogP contribution in [-0.2, 0) is 6.54 Å². The van der Waals surface area contributed by atoms with Crippen LogP contribution in [0.2, 0.25) is 0 Å². The number of aromatic nitrogens is 4. The van der Waals surface area contributed by atoms with E-state index in [1.54, 1.807) is 0 Å². The predicted molar refractivity (Wildman–Crippen MR) is 95.1 cm³/mol. The van der Waals surface area contributed by atoms with Crippen molar-refractivity contribution in [1.82, 2.24) is 30.2 Å². The summed E-state index contributed by atoms with van der Waals surface area (Å²) < 4.78 is 0. The summed E-state index contributed by atoms with van der Waals surface area (Å²) in [5.74, 6) is 1.66. The zero-order valence-corrected chi connectivity index (χ0v) is 14.2. The average Bonchev–Trinajstić information content (AvgIpc) is 3.32. The van der Waals surface area contributed by atoms with E-state index in [0.717, 1.165) is 48.6 Å². The van der Waals surface area contributed by atoms with Gasteiger partial charge in [-0.05, 0) is 37.9 Å². The number of nitrogens with one attached hydrogen (secondary N) is 3. The third kappa shape index (κ3) is 3.56. The van der Waals surface area contributed by atoms with E-state index >= 15 is 0 Å². The third-order valence-electron chi connectivity index (χ3n) is 4.68. The third-order valence-corrected chi connectivity index (χ3v) is 4.68. The van der Waals surface area contributed by atoms with Crippen LogP contribution >= 0.6 is 0 Å². The van der Waals surface area contributed by atoms with Crippen LogP contribution < -0.4 is 5.32 Å². The number of para-hydroxylation sites is 2. The van der Waals surface area contributed by atoms with Crippen molar-refractivity contribution in [2.45, 2.75) is 19.9 Å². The van der Waals surface area contributed by atoms with Gasteiger partial charge in [0.1, 0.15) is 5.82 Å². The van der Waals surface area contributed by atoms with Gasteiger partial charge in [0.2, 0.25) is 0 Å². The number of rotatable bonds is 5. The molecule has 1 unspecified atom stereocenters.